The summed E-state index contributed by atoms with van der Waals surface area (Å²) in [6.07, 6.45) is 0.885. The quantitative estimate of drug-likeness (QED) is 0.527. The van der Waals surface area contributed by atoms with Gasteiger partial charge in [0.2, 0.25) is 0 Å². The summed E-state index contributed by atoms with van der Waals surface area (Å²) >= 11 is 0. The first-order chi connectivity index (χ1) is 3.62. The van der Waals surface area contributed by atoms with Crippen LogP contribution >= 0.6 is 0 Å². The van der Waals surface area contributed by atoms with Gasteiger partial charge in [0.15, 0.2) is 0 Å². The highest BCUT2D eigenvalue weighted by molar-refractivity contribution is 6.82. The molecule has 0 bridgehead atoms. The SMILES string of the molecule is C=C[Si](C)(C)COC. The molecule has 0 aliphatic heterocycles. The van der Waals surface area contributed by atoms with Crippen LogP contribution in [0.1, 0.15) is 0 Å². The van der Waals surface area contributed by atoms with Crippen LogP contribution in [0.15, 0.2) is 12.3 Å². The van der Waals surface area contributed by atoms with Gasteiger partial charge >= 0.3 is 0 Å². The van der Waals surface area contributed by atoms with Crippen LogP contribution in [0.2, 0.25) is 13.1 Å². The molecule has 0 aromatic rings. The molecule has 0 rings (SSSR count). The van der Waals surface area contributed by atoms with E-state index >= 15 is 0 Å². The van der Waals surface area contributed by atoms with Gasteiger partial charge in [0.25, 0.3) is 0 Å². The Morgan fingerprint density at radius 3 is 2.25 bits per heavy atom. The Hall–Kier alpha value is -0.0831. The number of rotatable bonds is 3. The molecule has 0 saturated carbocycles. The van der Waals surface area contributed by atoms with E-state index in [9.17, 15) is 0 Å². The molecule has 0 radical (unpaired) electrons. The van der Waals surface area contributed by atoms with E-state index in [1.807, 2.05) is 5.70 Å². The fraction of sp³-hybridized carbons (Fsp3) is 0.667. The molecule has 0 heterocycles. The standard InChI is InChI=1S/C6H14OSi/c1-5-8(3,4)6-7-2/h5H,1,6H2,2-4H3. The fourth-order valence-electron chi connectivity index (χ4n) is 0.431. The van der Waals surface area contributed by atoms with Crippen molar-refractivity contribution in [3.05, 3.63) is 12.3 Å². The minimum atomic E-state index is -1.14. The van der Waals surface area contributed by atoms with Crippen molar-refractivity contribution in [2.75, 3.05) is 13.3 Å². The Bertz CT molecular complexity index is 78.6. The summed E-state index contributed by atoms with van der Waals surface area (Å²) in [4.78, 5) is 0. The molecule has 2 heteroatoms. The molecule has 1 nitrogen and oxygen atoms in total. The summed E-state index contributed by atoms with van der Waals surface area (Å²) in [6, 6.07) is 0. The van der Waals surface area contributed by atoms with Gasteiger partial charge in [-0.25, -0.2) is 0 Å². The predicted octanol–water partition coefficient (Wildman–Crippen LogP) is 1.61. The maximum absolute atomic E-state index is 4.99. The minimum Gasteiger partial charge on any atom is -0.388 e. The summed E-state index contributed by atoms with van der Waals surface area (Å²) in [7, 11) is 0.599. The molecular formula is C6H14OSi. The highest BCUT2D eigenvalue weighted by atomic mass is 28.3. The Labute approximate surface area is 52.4 Å². The van der Waals surface area contributed by atoms with Crippen molar-refractivity contribution in [1.29, 1.82) is 0 Å². The lowest BCUT2D eigenvalue weighted by molar-refractivity contribution is 0.247. The smallest absolute Gasteiger partial charge is 0.100 e. The van der Waals surface area contributed by atoms with Crippen molar-refractivity contribution in [2.24, 2.45) is 0 Å². The largest absolute Gasteiger partial charge is 0.388 e. The maximum Gasteiger partial charge on any atom is 0.100 e. The van der Waals surface area contributed by atoms with Crippen LogP contribution in [0.25, 0.3) is 0 Å². The van der Waals surface area contributed by atoms with E-state index in [2.05, 4.69) is 19.7 Å². The van der Waals surface area contributed by atoms with E-state index < -0.39 is 8.07 Å². The van der Waals surface area contributed by atoms with Crippen LogP contribution in [0.4, 0.5) is 0 Å². The van der Waals surface area contributed by atoms with E-state index in [1.165, 1.54) is 0 Å². The zero-order valence-corrected chi connectivity index (χ0v) is 6.90. The highest BCUT2D eigenvalue weighted by Crippen LogP contribution is 2.01. The van der Waals surface area contributed by atoms with Gasteiger partial charge in [0.1, 0.15) is 8.07 Å². The van der Waals surface area contributed by atoms with Crippen LogP contribution in [0.5, 0.6) is 0 Å². The zero-order chi connectivity index (χ0) is 6.62. The molecule has 0 saturated heterocycles. The summed E-state index contributed by atoms with van der Waals surface area (Å²) in [5, 5.41) is 0. The molecule has 0 aromatic carbocycles. The third-order valence-corrected chi connectivity index (χ3v) is 3.21. The number of methoxy groups -OCH3 is 1. The van der Waals surface area contributed by atoms with Gasteiger partial charge in [-0.1, -0.05) is 18.8 Å². The molecule has 0 spiro atoms. The second kappa shape index (κ2) is 3.05. The molecule has 8 heavy (non-hydrogen) atoms. The lowest BCUT2D eigenvalue weighted by Crippen LogP contribution is -2.29. The van der Waals surface area contributed by atoms with Gasteiger partial charge in [0.05, 0.1) is 0 Å². The molecule has 0 aromatic heterocycles. The van der Waals surface area contributed by atoms with E-state index in [1.54, 1.807) is 7.11 Å². The van der Waals surface area contributed by atoms with Crippen molar-refractivity contribution in [3.8, 4) is 0 Å². The minimum absolute atomic E-state index is 0.885. The van der Waals surface area contributed by atoms with Crippen LogP contribution in [0, 0.1) is 0 Å². The maximum atomic E-state index is 4.99. The Morgan fingerprint density at radius 2 is 2.12 bits per heavy atom. The summed E-state index contributed by atoms with van der Waals surface area (Å²) in [5.74, 6) is 0. The Balaban J connectivity index is 3.53. The number of hydrogen-bond donors (Lipinski definition) is 0. The topological polar surface area (TPSA) is 9.23 Å². The van der Waals surface area contributed by atoms with Gasteiger partial charge in [-0.2, -0.15) is 0 Å². The van der Waals surface area contributed by atoms with Crippen molar-refractivity contribution < 1.29 is 4.74 Å². The van der Waals surface area contributed by atoms with Crippen molar-refractivity contribution in [1.82, 2.24) is 0 Å². The normalized spacial score (nSPS) is 11.4. The Kier molecular flexibility index (Phi) is 3.01. The van der Waals surface area contributed by atoms with Crippen LogP contribution < -0.4 is 0 Å². The van der Waals surface area contributed by atoms with E-state index in [4.69, 9.17) is 4.74 Å². The molecule has 0 aliphatic carbocycles. The fourth-order valence-corrected chi connectivity index (χ4v) is 1.29. The van der Waals surface area contributed by atoms with Gasteiger partial charge < -0.3 is 4.74 Å². The second-order valence-corrected chi connectivity index (χ2v) is 7.30. The molecular weight excluding hydrogens is 116 g/mol. The summed E-state index contributed by atoms with van der Waals surface area (Å²) in [5.41, 5.74) is 2.04. The lowest BCUT2D eigenvalue weighted by Gasteiger charge is -2.14. The third-order valence-electron chi connectivity index (χ3n) is 1.07. The first-order valence-electron chi connectivity index (χ1n) is 2.75. The summed E-state index contributed by atoms with van der Waals surface area (Å²) < 4.78 is 4.99. The van der Waals surface area contributed by atoms with Crippen molar-refractivity contribution in [3.63, 3.8) is 0 Å². The van der Waals surface area contributed by atoms with Gasteiger partial charge in [-0.15, -0.1) is 6.58 Å². The van der Waals surface area contributed by atoms with E-state index in [0.717, 1.165) is 6.23 Å². The Morgan fingerprint density at radius 1 is 1.62 bits per heavy atom. The number of ether oxygens (including phenoxy) is 1. The highest BCUT2D eigenvalue weighted by Gasteiger charge is 2.14. The van der Waals surface area contributed by atoms with E-state index in [-0.39, 0.29) is 0 Å². The molecule has 48 valence electrons. The van der Waals surface area contributed by atoms with Gasteiger partial charge in [-0.05, 0) is 0 Å². The molecule has 0 atom stereocenters. The molecule has 0 unspecified atom stereocenters. The molecule has 0 aliphatic rings. The molecule has 0 amide bonds. The molecule has 0 N–H and O–H groups in total. The average Bonchev–Trinajstić information content (AvgIpc) is 1.67. The van der Waals surface area contributed by atoms with E-state index in [0.29, 0.717) is 0 Å². The van der Waals surface area contributed by atoms with Crippen molar-refractivity contribution in [2.45, 2.75) is 13.1 Å². The number of hydrogen-bond acceptors (Lipinski definition) is 1. The summed E-state index contributed by atoms with van der Waals surface area (Å²) in [6.45, 7) is 8.18. The molecule has 0 fully saturated rings. The van der Waals surface area contributed by atoms with Gasteiger partial charge in [-0.3, -0.25) is 0 Å². The average molecular weight is 130 g/mol. The predicted molar refractivity (Wildman–Crippen MR) is 39.6 cm³/mol. The first-order valence-corrected chi connectivity index (χ1v) is 6.03. The third kappa shape index (κ3) is 2.99. The van der Waals surface area contributed by atoms with Crippen LogP contribution in [-0.2, 0) is 4.74 Å². The van der Waals surface area contributed by atoms with Gasteiger partial charge in [0, 0.05) is 13.3 Å². The first kappa shape index (κ1) is 7.92. The monoisotopic (exact) mass is 130 g/mol. The second-order valence-electron chi connectivity index (χ2n) is 2.63. The lowest BCUT2D eigenvalue weighted by atomic mass is 11.3. The van der Waals surface area contributed by atoms with Crippen LogP contribution in [0.3, 0.4) is 0 Å². The van der Waals surface area contributed by atoms with Crippen LogP contribution in [-0.4, -0.2) is 21.4 Å². The van der Waals surface area contributed by atoms with Crippen molar-refractivity contribution >= 4 is 8.07 Å². The zero-order valence-electron chi connectivity index (χ0n) is 5.90.